The Morgan fingerprint density at radius 1 is 1.00 bits per heavy atom. The summed E-state index contributed by atoms with van der Waals surface area (Å²) in [6.07, 6.45) is 0. The van der Waals surface area contributed by atoms with Crippen molar-refractivity contribution < 1.29 is 42.0 Å². The first-order valence-electron chi connectivity index (χ1n) is 6.77. The van der Waals surface area contributed by atoms with Crippen LogP contribution >= 0.6 is 0 Å². The van der Waals surface area contributed by atoms with E-state index in [0.29, 0.717) is 0 Å². The third-order valence-corrected chi connectivity index (χ3v) is 3.73. The largest absolute Gasteiger partial charge is 0.716 e. The lowest BCUT2D eigenvalue weighted by atomic mass is 10.1. The second-order valence-corrected chi connectivity index (χ2v) is 6.10. The average Bonchev–Trinajstić information content (AvgIpc) is 2.51. The minimum Gasteiger partial charge on any atom is -0.716 e. The van der Waals surface area contributed by atoms with Gasteiger partial charge in [0.25, 0.3) is 10.4 Å². The number of fused-ring (bicyclic) bond motifs is 1. The van der Waals surface area contributed by atoms with Gasteiger partial charge in [0, 0.05) is 17.7 Å². The molecule has 0 spiro atoms. The van der Waals surface area contributed by atoms with Crippen LogP contribution in [0.4, 0.5) is 0 Å². The van der Waals surface area contributed by atoms with Crippen molar-refractivity contribution in [2.45, 2.75) is 0 Å². The number of phenols is 3. The Bertz CT molecular complexity index is 1190. The number of benzene rings is 2. The SMILES string of the molecule is O=c1c(O)c(-c2ccc(O)c(OS(=O)(=O)[O-])c2)oc2cc(O)cc(O)c12. The highest BCUT2D eigenvalue weighted by atomic mass is 32.3. The molecule has 4 N–H and O–H groups in total. The van der Waals surface area contributed by atoms with Crippen LogP contribution in [0.1, 0.15) is 0 Å². The first kappa shape index (κ1) is 17.4. The van der Waals surface area contributed by atoms with Crippen LogP contribution in [0.25, 0.3) is 22.3 Å². The van der Waals surface area contributed by atoms with Crippen molar-refractivity contribution in [1.29, 1.82) is 0 Å². The van der Waals surface area contributed by atoms with E-state index in [1.54, 1.807) is 0 Å². The summed E-state index contributed by atoms with van der Waals surface area (Å²) < 4.78 is 41.5. The van der Waals surface area contributed by atoms with Crippen molar-refractivity contribution in [2.75, 3.05) is 0 Å². The molecule has 0 saturated carbocycles. The fourth-order valence-electron chi connectivity index (χ4n) is 2.30. The molecule has 0 unspecified atom stereocenters. The highest BCUT2D eigenvalue weighted by Gasteiger charge is 2.20. The molecule has 2 aromatic carbocycles. The van der Waals surface area contributed by atoms with Crippen LogP contribution in [0.3, 0.4) is 0 Å². The normalized spacial score (nSPS) is 11.6. The van der Waals surface area contributed by atoms with Gasteiger partial charge in [-0.15, -0.1) is 0 Å². The number of hydrogen-bond donors (Lipinski definition) is 4. The van der Waals surface area contributed by atoms with Crippen LogP contribution in [0.5, 0.6) is 28.7 Å². The van der Waals surface area contributed by atoms with Gasteiger partial charge in [0.1, 0.15) is 22.5 Å². The van der Waals surface area contributed by atoms with E-state index in [9.17, 15) is 38.2 Å². The Balaban J connectivity index is 2.28. The van der Waals surface area contributed by atoms with Gasteiger partial charge < -0.3 is 33.6 Å². The minimum absolute atomic E-state index is 0.124. The van der Waals surface area contributed by atoms with Gasteiger partial charge in [-0.25, -0.2) is 8.42 Å². The Labute approximate surface area is 144 Å². The summed E-state index contributed by atoms with van der Waals surface area (Å²) in [5.74, 6) is -3.88. The van der Waals surface area contributed by atoms with Gasteiger partial charge in [0.05, 0.1) is 0 Å². The molecule has 0 bridgehead atoms. The predicted molar refractivity (Wildman–Crippen MR) is 84.9 cm³/mol. The third-order valence-electron chi connectivity index (χ3n) is 3.35. The van der Waals surface area contributed by atoms with Crippen LogP contribution in [0, 0.1) is 0 Å². The van der Waals surface area contributed by atoms with Crippen LogP contribution in [-0.2, 0) is 10.4 Å². The maximum Gasteiger partial charge on any atom is 0.262 e. The summed E-state index contributed by atoms with van der Waals surface area (Å²) in [5.41, 5.74) is -1.42. The van der Waals surface area contributed by atoms with E-state index in [4.69, 9.17) is 4.42 Å². The van der Waals surface area contributed by atoms with Crippen molar-refractivity contribution in [3.63, 3.8) is 0 Å². The number of phenolic OH excluding ortho intramolecular Hbond substituents is 3. The van der Waals surface area contributed by atoms with Crippen molar-refractivity contribution in [1.82, 2.24) is 0 Å². The van der Waals surface area contributed by atoms with E-state index in [0.717, 1.165) is 30.3 Å². The monoisotopic (exact) mass is 381 g/mol. The molecule has 26 heavy (non-hydrogen) atoms. The first-order valence-corrected chi connectivity index (χ1v) is 8.10. The van der Waals surface area contributed by atoms with Crippen molar-refractivity contribution in [3.8, 4) is 40.1 Å². The lowest BCUT2D eigenvalue weighted by molar-refractivity contribution is 0.359. The average molecular weight is 381 g/mol. The summed E-state index contributed by atoms with van der Waals surface area (Å²) in [6.45, 7) is 0. The summed E-state index contributed by atoms with van der Waals surface area (Å²) in [5, 5.41) is 38.5. The van der Waals surface area contributed by atoms with E-state index in [2.05, 4.69) is 4.18 Å². The first-order chi connectivity index (χ1) is 12.1. The molecule has 10 nitrogen and oxygen atoms in total. The molecule has 11 heteroatoms. The fourth-order valence-corrected chi connectivity index (χ4v) is 2.66. The molecule has 0 atom stereocenters. The Hall–Kier alpha value is -3.44. The molecule has 0 aliphatic carbocycles. The van der Waals surface area contributed by atoms with E-state index < -0.39 is 50.3 Å². The second-order valence-electron chi connectivity index (χ2n) is 5.12. The van der Waals surface area contributed by atoms with E-state index >= 15 is 0 Å². The molecule has 0 aliphatic rings. The zero-order valence-corrected chi connectivity index (χ0v) is 13.3. The van der Waals surface area contributed by atoms with Crippen molar-refractivity contribution in [2.24, 2.45) is 0 Å². The van der Waals surface area contributed by atoms with Crippen LogP contribution in [0.15, 0.2) is 39.5 Å². The fraction of sp³-hybridized carbons (Fsp3) is 0. The van der Waals surface area contributed by atoms with Gasteiger partial charge in [0.2, 0.25) is 11.2 Å². The van der Waals surface area contributed by atoms with Gasteiger partial charge in [-0.3, -0.25) is 4.79 Å². The second kappa shape index (κ2) is 5.82. The summed E-state index contributed by atoms with van der Waals surface area (Å²) in [6, 6.07) is 4.83. The molecule has 1 aromatic heterocycles. The van der Waals surface area contributed by atoms with Gasteiger partial charge in [-0.1, -0.05) is 0 Å². The Kier molecular flexibility index (Phi) is 3.89. The molecular formula is C15H9O10S-. The molecule has 1 heterocycles. The standard InChI is InChI=1S/C15H10O10S/c16-7-4-9(18)12-11(5-7)24-15(14(20)13(12)19)6-1-2-8(17)10(3-6)25-26(21,22)23/h1-5,16-18,20H,(H,21,22,23)/p-1. The molecule has 0 saturated heterocycles. The highest BCUT2D eigenvalue weighted by Crippen LogP contribution is 2.38. The number of rotatable bonds is 3. The maximum atomic E-state index is 12.3. The Morgan fingerprint density at radius 2 is 1.69 bits per heavy atom. The molecule has 0 aliphatic heterocycles. The zero-order valence-electron chi connectivity index (χ0n) is 12.5. The molecule has 136 valence electrons. The molecule has 3 aromatic rings. The smallest absolute Gasteiger partial charge is 0.262 e. The molecular weight excluding hydrogens is 372 g/mol. The van der Waals surface area contributed by atoms with Crippen molar-refractivity contribution in [3.05, 3.63) is 40.6 Å². The molecule has 0 radical (unpaired) electrons. The lowest BCUT2D eigenvalue weighted by Crippen LogP contribution is -2.07. The third kappa shape index (κ3) is 3.08. The van der Waals surface area contributed by atoms with E-state index in [1.807, 2.05) is 0 Å². The maximum absolute atomic E-state index is 12.3. The van der Waals surface area contributed by atoms with Crippen LogP contribution < -0.4 is 9.61 Å². The van der Waals surface area contributed by atoms with Gasteiger partial charge in [-0.2, -0.15) is 0 Å². The van der Waals surface area contributed by atoms with E-state index in [-0.39, 0.29) is 16.5 Å². The van der Waals surface area contributed by atoms with E-state index in [1.165, 1.54) is 0 Å². The molecule has 3 rings (SSSR count). The summed E-state index contributed by atoms with van der Waals surface area (Å²) in [7, 11) is -5.19. The summed E-state index contributed by atoms with van der Waals surface area (Å²) >= 11 is 0. The van der Waals surface area contributed by atoms with Crippen LogP contribution in [0.2, 0.25) is 0 Å². The number of aromatic hydroxyl groups is 4. The minimum atomic E-state index is -5.19. The quantitative estimate of drug-likeness (QED) is 0.379. The van der Waals surface area contributed by atoms with Gasteiger partial charge in [0.15, 0.2) is 17.3 Å². The lowest BCUT2D eigenvalue weighted by Gasteiger charge is -2.12. The highest BCUT2D eigenvalue weighted by molar-refractivity contribution is 7.81. The zero-order chi connectivity index (χ0) is 19.2. The molecule has 0 amide bonds. The van der Waals surface area contributed by atoms with Crippen LogP contribution in [-0.4, -0.2) is 33.4 Å². The van der Waals surface area contributed by atoms with Crippen molar-refractivity contribution >= 4 is 21.4 Å². The number of hydrogen-bond acceptors (Lipinski definition) is 10. The van der Waals surface area contributed by atoms with Gasteiger partial charge >= 0.3 is 0 Å². The topological polar surface area (TPSA) is 178 Å². The summed E-state index contributed by atoms with van der Waals surface area (Å²) in [4.78, 5) is 12.3. The Morgan fingerprint density at radius 3 is 2.35 bits per heavy atom. The predicted octanol–water partition coefficient (Wildman–Crippen LogP) is 1.12. The molecule has 0 fully saturated rings. The van der Waals surface area contributed by atoms with Gasteiger partial charge in [-0.05, 0) is 18.2 Å².